The van der Waals surface area contributed by atoms with E-state index in [1.54, 1.807) is 17.9 Å². The molecule has 0 bridgehead atoms. The monoisotopic (exact) mass is 454 g/mol. The first-order valence-corrected chi connectivity index (χ1v) is 10.7. The van der Waals surface area contributed by atoms with E-state index in [-0.39, 0.29) is 11.8 Å². The van der Waals surface area contributed by atoms with Crippen LogP contribution >= 0.6 is 0 Å². The summed E-state index contributed by atoms with van der Waals surface area (Å²) in [6.45, 7) is 8.69. The van der Waals surface area contributed by atoms with Crippen LogP contribution in [0, 0.1) is 12.7 Å². The predicted molar refractivity (Wildman–Crippen MR) is 121 cm³/mol. The lowest BCUT2D eigenvalue weighted by atomic mass is 10.0. The summed E-state index contributed by atoms with van der Waals surface area (Å²) < 4.78 is 14.0. The Morgan fingerprint density at radius 1 is 1.27 bits per heavy atom. The molecule has 33 heavy (non-hydrogen) atoms. The fourth-order valence-corrected chi connectivity index (χ4v) is 3.95. The highest BCUT2D eigenvalue weighted by atomic mass is 19.1. The molecule has 1 fully saturated rings. The molecule has 0 saturated carbocycles. The lowest BCUT2D eigenvalue weighted by molar-refractivity contribution is -0.127. The van der Waals surface area contributed by atoms with E-state index in [2.05, 4.69) is 25.8 Å². The summed E-state index contributed by atoms with van der Waals surface area (Å²) in [7, 11) is 0. The number of piperazine rings is 1. The van der Waals surface area contributed by atoms with Crippen molar-refractivity contribution in [1.29, 1.82) is 0 Å². The quantitative estimate of drug-likeness (QED) is 0.481. The fraction of sp³-hybridized carbons (Fsp3) is 0.391. The Morgan fingerprint density at radius 2 is 2.03 bits per heavy atom. The normalized spacial score (nSPS) is 16.8. The van der Waals surface area contributed by atoms with Crippen LogP contribution in [-0.4, -0.2) is 68.2 Å². The van der Waals surface area contributed by atoms with Crippen LogP contribution in [0.25, 0.3) is 22.3 Å². The number of aryl methyl sites for hydroxylation is 1. The van der Waals surface area contributed by atoms with E-state index in [0.29, 0.717) is 53.2 Å². The highest BCUT2D eigenvalue weighted by Gasteiger charge is 2.35. The number of amides is 2. The molecular formula is C23H27FN6O3. The number of aromatic amines is 1. The van der Waals surface area contributed by atoms with E-state index in [0.717, 1.165) is 6.07 Å². The molecule has 4 rings (SSSR count). The number of nitrogens with zero attached hydrogens (tertiary/aromatic N) is 3. The molecule has 0 spiro atoms. The van der Waals surface area contributed by atoms with Gasteiger partial charge in [-0.05, 0) is 52.0 Å². The number of benzene rings is 1. The number of H-pyrrole nitrogens is 1. The predicted octanol–water partition coefficient (Wildman–Crippen LogP) is 2.11. The van der Waals surface area contributed by atoms with Crippen molar-refractivity contribution in [3.63, 3.8) is 0 Å². The van der Waals surface area contributed by atoms with Gasteiger partial charge in [-0.15, -0.1) is 0 Å². The smallest absolute Gasteiger partial charge is 0.255 e. The van der Waals surface area contributed by atoms with Crippen LogP contribution in [0.2, 0.25) is 0 Å². The summed E-state index contributed by atoms with van der Waals surface area (Å²) in [5.74, 6) is -1.83. The van der Waals surface area contributed by atoms with Crippen LogP contribution in [0.3, 0.4) is 0 Å². The van der Waals surface area contributed by atoms with Crippen molar-refractivity contribution >= 4 is 22.8 Å². The van der Waals surface area contributed by atoms with Crippen molar-refractivity contribution in [3.8, 4) is 17.0 Å². The molecule has 3 aromatic rings. The van der Waals surface area contributed by atoms with Gasteiger partial charge in [-0.25, -0.2) is 9.37 Å². The zero-order valence-electron chi connectivity index (χ0n) is 19.0. The third-order valence-corrected chi connectivity index (χ3v) is 5.48. The maximum Gasteiger partial charge on any atom is 0.255 e. The number of aromatic nitrogens is 3. The van der Waals surface area contributed by atoms with E-state index in [9.17, 15) is 19.1 Å². The van der Waals surface area contributed by atoms with Gasteiger partial charge in [0.25, 0.3) is 5.91 Å². The zero-order valence-corrected chi connectivity index (χ0v) is 19.0. The molecule has 9 nitrogen and oxygen atoms in total. The Balaban J connectivity index is 1.78. The maximum atomic E-state index is 14.0. The van der Waals surface area contributed by atoms with Gasteiger partial charge in [0.1, 0.15) is 6.04 Å². The van der Waals surface area contributed by atoms with Gasteiger partial charge in [-0.1, -0.05) is 0 Å². The largest absolute Gasteiger partial charge is 0.505 e. The summed E-state index contributed by atoms with van der Waals surface area (Å²) in [6, 6.07) is 4.80. The Hall–Kier alpha value is -3.53. The molecule has 1 atom stereocenters. The first kappa shape index (κ1) is 22.7. The number of nitrogens with one attached hydrogen (secondary N) is 3. The first-order chi connectivity index (χ1) is 15.5. The Kier molecular flexibility index (Phi) is 5.79. The van der Waals surface area contributed by atoms with Gasteiger partial charge in [-0.3, -0.25) is 14.7 Å². The lowest BCUT2D eigenvalue weighted by Gasteiger charge is -2.37. The number of halogens is 1. The number of pyridine rings is 1. The highest BCUT2D eigenvalue weighted by molar-refractivity contribution is 6.08. The number of phenolic OH excluding ortho intramolecular Hbond substituents is 1. The van der Waals surface area contributed by atoms with Gasteiger partial charge >= 0.3 is 0 Å². The zero-order chi connectivity index (χ0) is 23.9. The average Bonchev–Trinajstić information content (AvgIpc) is 3.14. The third-order valence-electron chi connectivity index (χ3n) is 5.48. The molecule has 2 amide bonds. The third kappa shape index (κ3) is 4.51. The van der Waals surface area contributed by atoms with E-state index >= 15 is 0 Å². The van der Waals surface area contributed by atoms with Crippen LogP contribution in [0.4, 0.5) is 4.39 Å². The molecule has 3 heterocycles. The molecule has 4 N–H and O–H groups in total. The molecule has 1 saturated heterocycles. The van der Waals surface area contributed by atoms with Crippen molar-refractivity contribution in [2.45, 2.75) is 39.3 Å². The standard InChI is InChI=1S/C23H27FN6O3/c1-12-19-14(22(33)30-8-7-25-11-17(30)21(32)27-23(2,3)4)10-16(26-20(19)29-28-12)13-5-6-18(31)15(24)9-13/h5-6,9-10,17,25,31H,7-8,11H2,1-4H3,(H,27,32)(H,26,28,29). The Morgan fingerprint density at radius 3 is 2.73 bits per heavy atom. The second-order valence-corrected chi connectivity index (χ2v) is 9.23. The molecule has 0 radical (unpaired) electrons. The molecule has 2 aromatic heterocycles. The lowest BCUT2D eigenvalue weighted by Crippen LogP contribution is -2.61. The second-order valence-electron chi connectivity index (χ2n) is 9.23. The fourth-order valence-electron chi connectivity index (χ4n) is 3.95. The molecule has 174 valence electrons. The number of hydrogen-bond donors (Lipinski definition) is 4. The Labute approximate surface area is 190 Å². The van der Waals surface area contributed by atoms with Crippen LogP contribution in [0.15, 0.2) is 24.3 Å². The minimum Gasteiger partial charge on any atom is -0.505 e. The van der Waals surface area contributed by atoms with E-state index in [1.165, 1.54) is 12.1 Å². The van der Waals surface area contributed by atoms with Crippen molar-refractivity contribution in [3.05, 3.63) is 41.3 Å². The number of fused-ring (bicyclic) bond motifs is 1. The van der Waals surface area contributed by atoms with E-state index in [4.69, 9.17) is 0 Å². The van der Waals surface area contributed by atoms with Crippen LogP contribution < -0.4 is 10.6 Å². The van der Waals surface area contributed by atoms with Crippen LogP contribution in [0.1, 0.15) is 36.8 Å². The number of carbonyl (C=O) groups is 2. The topological polar surface area (TPSA) is 123 Å². The van der Waals surface area contributed by atoms with Gasteiger partial charge in [0.2, 0.25) is 5.91 Å². The number of rotatable bonds is 3. The first-order valence-electron chi connectivity index (χ1n) is 10.7. The highest BCUT2D eigenvalue weighted by Crippen LogP contribution is 2.29. The minimum absolute atomic E-state index is 0.238. The molecule has 10 heteroatoms. The van der Waals surface area contributed by atoms with Gasteiger partial charge in [0.05, 0.1) is 16.6 Å². The van der Waals surface area contributed by atoms with Crippen molar-refractivity contribution in [1.82, 2.24) is 30.7 Å². The van der Waals surface area contributed by atoms with E-state index < -0.39 is 23.1 Å². The Bertz CT molecular complexity index is 1230. The molecule has 1 aromatic carbocycles. The number of carbonyl (C=O) groups excluding carboxylic acids is 2. The van der Waals surface area contributed by atoms with Crippen molar-refractivity contribution < 1.29 is 19.1 Å². The van der Waals surface area contributed by atoms with Crippen LogP contribution in [-0.2, 0) is 4.79 Å². The summed E-state index contributed by atoms with van der Waals surface area (Å²) in [5.41, 5.74) is 1.59. The molecule has 0 aliphatic carbocycles. The van der Waals surface area contributed by atoms with Gasteiger partial charge < -0.3 is 20.6 Å². The number of aromatic hydroxyl groups is 1. The minimum atomic E-state index is -0.790. The molecular weight excluding hydrogens is 427 g/mol. The molecule has 1 unspecified atom stereocenters. The van der Waals surface area contributed by atoms with Crippen LogP contribution in [0.5, 0.6) is 5.75 Å². The summed E-state index contributed by atoms with van der Waals surface area (Å²) in [5, 5.41) is 23.2. The molecule has 1 aliphatic heterocycles. The maximum absolute atomic E-state index is 14.0. The van der Waals surface area contributed by atoms with E-state index in [1.807, 2.05) is 20.8 Å². The average molecular weight is 455 g/mol. The van der Waals surface area contributed by atoms with Crippen molar-refractivity contribution in [2.75, 3.05) is 19.6 Å². The summed E-state index contributed by atoms with van der Waals surface area (Å²) >= 11 is 0. The van der Waals surface area contributed by atoms with Gasteiger partial charge in [0, 0.05) is 36.4 Å². The van der Waals surface area contributed by atoms with Gasteiger partial charge in [-0.2, -0.15) is 5.10 Å². The van der Waals surface area contributed by atoms with Crippen molar-refractivity contribution in [2.24, 2.45) is 0 Å². The second kappa shape index (κ2) is 8.43. The number of hydrogen-bond acceptors (Lipinski definition) is 6. The molecule has 1 aliphatic rings. The number of phenols is 1. The van der Waals surface area contributed by atoms with Gasteiger partial charge in [0.15, 0.2) is 17.2 Å². The SMILES string of the molecule is Cc1[nH]nc2nc(-c3ccc(O)c(F)c3)cc(C(=O)N3CCNCC3C(=O)NC(C)(C)C)c12. The summed E-state index contributed by atoms with van der Waals surface area (Å²) in [6.07, 6.45) is 0. The summed E-state index contributed by atoms with van der Waals surface area (Å²) in [4.78, 5) is 32.8.